The number of hydrogen-bond acceptors (Lipinski definition) is 2. The predicted molar refractivity (Wildman–Crippen MR) is 65.1 cm³/mol. The highest BCUT2D eigenvalue weighted by atomic mass is 16.5. The number of nitrogens with one attached hydrogen (secondary N) is 1. The van der Waals surface area contributed by atoms with Gasteiger partial charge in [-0.2, -0.15) is 0 Å². The molecule has 1 rings (SSSR count). The van der Waals surface area contributed by atoms with E-state index in [2.05, 4.69) is 33.0 Å². The summed E-state index contributed by atoms with van der Waals surface area (Å²) in [7, 11) is 1.85. The number of rotatable bonds is 6. The standard InChI is InChI=1S/C13H27NO/c1-6-9-14-11(10-7-8-10)12(15-5)13(2,3)4/h10-12,14H,6-9H2,1-5H3. The van der Waals surface area contributed by atoms with Gasteiger partial charge >= 0.3 is 0 Å². The summed E-state index contributed by atoms with van der Waals surface area (Å²) in [6.07, 6.45) is 4.27. The normalized spacial score (nSPS) is 21.4. The van der Waals surface area contributed by atoms with Crippen LogP contribution < -0.4 is 5.32 Å². The van der Waals surface area contributed by atoms with Crippen LogP contribution in [0.25, 0.3) is 0 Å². The SMILES string of the molecule is CCCNC(C1CC1)C(OC)C(C)(C)C. The van der Waals surface area contributed by atoms with Crippen molar-refractivity contribution in [1.29, 1.82) is 0 Å². The van der Waals surface area contributed by atoms with Gasteiger partial charge < -0.3 is 10.1 Å². The Morgan fingerprint density at radius 3 is 2.27 bits per heavy atom. The molecule has 2 atom stereocenters. The topological polar surface area (TPSA) is 21.3 Å². The van der Waals surface area contributed by atoms with Crippen molar-refractivity contribution in [1.82, 2.24) is 5.32 Å². The second-order valence-corrected chi connectivity index (χ2v) is 5.84. The van der Waals surface area contributed by atoms with E-state index in [0.717, 1.165) is 12.5 Å². The summed E-state index contributed by atoms with van der Waals surface area (Å²) in [5, 5.41) is 3.66. The molecule has 1 N–H and O–H groups in total. The minimum absolute atomic E-state index is 0.225. The van der Waals surface area contributed by atoms with E-state index in [1.807, 2.05) is 7.11 Å². The second kappa shape index (κ2) is 5.31. The Kier molecular flexibility index (Phi) is 4.60. The molecule has 0 saturated heterocycles. The molecule has 90 valence electrons. The zero-order valence-electron chi connectivity index (χ0n) is 11.0. The van der Waals surface area contributed by atoms with Crippen molar-refractivity contribution in [3.8, 4) is 0 Å². The average Bonchev–Trinajstić information content (AvgIpc) is 2.93. The third-order valence-electron chi connectivity index (χ3n) is 3.19. The van der Waals surface area contributed by atoms with Crippen LogP contribution in [0.5, 0.6) is 0 Å². The summed E-state index contributed by atoms with van der Waals surface area (Å²) in [5.41, 5.74) is 0.225. The van der Waals surface area contributed by atoms with Gasteiger partial charge in [-0.25, -0.2) is 0 Å². The highest BCUT2D eigenvalue weighted by Crippen LogP contribution is 2.39. The molecule has 0 bridgehead atoms. The summed E-state index contributed by atoms with van der Waals surface area (Å²) in [5.74, 6) is 0.848. The van der Waals surface area contributed by atoms with E-state index < -0.39 is 0 Å². The highest BCUT2D eigenvalue weighted by molar-refractivity contribution is 4.95. The molecule has 0 aliphatic heterocycles. The monoisotopic (exact) mass is 213 g/mol. The Hall–Kier alpha value is -0.0800. The zero-order chi connectivity index (χ0) is 11.5. The average molecular weight is 213 g/mol. The van der Waals surface area contributed by atoms with E-state index in [1.54, 1.807) is 0 Å². The first-order chi connectivity index (χ1) is 7.00. The van der Waals surface area contributed by atoms with Crippen molar-refractivity contribution < 1.29 is 4.74 Å². The van der Waals surface area contributed by atoms with Crippen LogP contribution in [0.1, 0.15) is 47.0 Å². The lowest BCUT2D eigenvalue weighted by atomic mass is 9.82. The van der Waals surface area contributed by atoms with Gasteiger partial charge in [0.05, 0.1) is 6.10 Å². The molecule has 0 amide bonds. The van der Waals surface area contributed by atoms with Crippen LogP contribution in [0.4, 0.5) is 0 Å². The second-order valence-electron chi connectivity index (χ2n) is 5.84. The van der Waals surface area contributed by atoms with Gasteiger partial charge in [0.25, 0.3) is 0 Å². The molecule has 1 aliphatic rings. The molecule has 0 radical (unpaired) electrons. The Balaban J connectivity index is 2.58. The van der Waals surface area contributed by atoms with Gasteiger partial charge in [-0.15, -0.1) is 0 Å². The van der Waals surface area contributed by atoms with Crippen molar-refractivity contribution in [3.05, 3.63) is 0 Å². The van der Waals surface area contributed by atoms with Gasteiger partial charge in [0.2, 0.25) is 0 Å². The first-order valence-electron chi connectivity index (χ1n) is 6.27. The third kappa shape index (κ3) is 3.76. The molecular weight excluding hydrogens is 186 g/mol. The largest absolute Gasteiger partial charge is 0.379 e. The summed E-state index contributed by atoms with van der Waals surface area (Å²) < 4.78 is 5.71. The number of hydrogen-bond donors (Lipinski definition) is 1. The minimum Gasteiger partial charge on any atom is -0.379 e. The molecule has 2 unspecified atom stereocenters. The molecule has 2 heteroatoms. The smallest absolute Gasteiger partial charge is 0.0775 e. The minimum atomic E-state index is 0.225. The Morgan fingerprint density at radius 2 is 1.93 bits per heavy atom. The molecule has 1 fully saturated rings. The number of methoxy groups -OCH3 is 1. The molecule has 2 nitrogen and oxygen atoms in total. The Morgan fingerprint density at radius 1 is 1.33 bits per heavy atom. The lowest BCUT2D eigenvalue weighted by Gasteiger charge is -2.36. The van der Waals surface area contributed by atoms with Crippen LogP contribution in [0.2, 0.25) is 0 Å². The molecule has 1 saturated carbocycles. The summed E-state index contributed by atoms with van der Waals surface area (Å²) in [6, 6.07) is 0.551. The maximum absolute atomic E-state index is 5.71. The molecule has 0 heterocycles. The molecule has 0 aromatic rings. The molecule has 1 aliphatic carbocycles. The van der Waals surface area contributed by atoms with E-state index >= 15 is 0 Å². The van der Waals surface area contributed by atoms with Crippen molar-refractivity contribution >= 4 is 0 Å². The van der Waals surface area contributed by atoms with Crippen molar-refractivity contribution in [2.24, 2.45) is 11.3 Å². The molecular formula is C13H27NO. The molecule has 0 aromatic heterocycles. The van der Waals surface area contributed by atoms with Crippen LogP contribution in [-0.2, 0) is 4.74 Å². The van der Waals surface area contributed by atoms with E-state index in [1.165, 1.54) is 19.3 Å². The van der Waals surface area contributed by atoms with Crippen molar-refractivity contribution in [2.45, 2.75) is 59.1 Å². The van der Waals surface area contributed by atoms with E-state index in [4.69, 9.17) is 4.74 Å². The summed E-state index contributed by atoms with van der Waals surface area (Å²) >= 11 is 0. The molecule has 15 heavy (non-hydrogen) atoms. The summed E-state index contributed by atoms with van der Waals surface area (Å²) in [4.78, 5) is 0. The number of ether oxygens (including phenoxy) is 1. The summed E-state index contributed by atoms with van der Waals surface area (Å²) in [6.45, 7) is 10.1. The van der Waals surface area contributed by atoms with Gasteiger partial charge in [0.15, 0.2) is 0 Å². The fourth-order valence-electron chi connectivity index (χ4n) is 2.33. The lowest BCUT2D eigenvalue weighted by Crippen LogP contribution is -2.49. The fourth-order valence-corrected chi connectivity index (χ4v) is 2.33. The van der Waals surface area contributed by atoms with E-state index in [9.17, 15) is 0 Å². The highest BCUT2D eigenvalue weighted by Gasteiger charge is 2.41. The van der Waals surface area contributed by atoms with Gasteiger partial charge in [-0.1, -0.05) is 27.7 Å². The van der Waals surface area contributed by atoms with Gasteiger partial charge in [0, 0.05) is 13.2 Å². The maximum Gasteiger partial charge on any atom is 0.0775 e. The van der Waals surface area contributed by atoms with Crippen LogP contribution in [0.15, 0.2) is 0 Å². The first kappa shape index (κ1) is 13.0. The van der Waals surface area contributed by atoms with Crippen LogP contribution in [0, 0.1) is 11.3 Å². The van der Waals surface area contributed by atoms with Crippen molar-refractivity contribution in [3.63, 3.8) is 0 Å². The molecule has 0 aromatic carbocycles. The predicted octanol–water partition coefficient (Wildman–Crippen LogP) is 2.83. The first-order valence-corrected chi connectivity index (χ1v) is 6.27. The zero-order valence-corrected chi connectivity index (χ0v) is 11.0. The van der Waals surface area contributed by atoms with E-state index in [0.29, 0.717) is 12.1 Å². The lowest BCUT2D eigenvalue weighted by molar-refractivity contribution is -0.0166. The van der Waals surface area contributed by atoms with Gasteiger partial charge in [-0.3, -0.25) is 0 Å². The van der Waals surface area contributed by atoms with Crippen molar-refractivity contribution in [2.75, 3.05) is 13.7 Å². The maximum atomic E-state index is 5.71. The van der Waals surface area contributed by atoms with Crippen LogP contribution in [-0.4, -0.2) is 25.8 Å². The Labute approximate surface area is 94.8 Å². The quantitative estimate of drug-likeness (QED) is 0.732. The van der Waals surface area contributed by atoms with E-state index in [-0.39, 0.29) is 5.41 Å². The Bertz CT molecular complexity index is 181. The van der Waals surface area contributed by atoms with Crippen LogP contribution >= 0.6 is 0 Å². The van der Waals surface area contributed by atoms with Gasteiger partial charge in [-0.05, 0) is 37.1 Å². The fraction of sp³-hybridized carbons (Fsp3) is 1.00. The van der Waals surface area contributed by atoms with Crippen LogP contribution in [0.3, 0.4) is 0 Å². The van der Waals surface area contributed by atoms with Gasteiger partial charge in [0.1, 0.15) is 0 Å². The molecule has 0 spiro atoms. The third-order valence-corrected chi connectivity index (χ3v) is 3.19.